The maximum Gasteiger partial charge on any atom is 0.323 e. The number of esters is 1. The van der Waals surface area contributed by atoms with Crippen LogP contribution < -0.4 is 5.32 Å². The van der Waals surface area contributed by atoms with Crippen molar-refractivity contribution < 1.29 is 9.53 Å². The molecule has 0 amide bonds. The Morgan fingerprint density at radius 1 is 1.50 bits per heavy atom. The van der Waals surface area contributed by atoms with E-state index < -0.39 is 0 Å². The first-order chi connectivity index (χ1) is 6.83. The molecule has 0 aromatic rings. The zero-order valence-corrected chi connectivity index (χ0v) is 8.66. The highest BCUT2D eigenvalue weighted by Gasteiger charge is 2.36. The van der Waals surface area contributed by atoms with E-state index >= 15 is 0 Å². The lowest BCUT2D eigenvalue weighted by atomic mass is 10.1. The third kappa shape index (κ3) is 1.77. The van der Waals surface area contributed by atoms with Gasteiger partial charge in [-0.1, -0.05) is 0 Å². The predicted octanol–water partition coefficient (Wildman–Crippen LogP) is -0.0143. The summed E-state index contributed by atoms with van der Waals surface area (Å²) in [6.07, 6.45) is 3.24. The molecule has 0 saturated carbocycles. The number of rotatable bonds is 2. The van der Waals surface area contributed by atoms with Crippen molar-refractivity contribution in [3.63, 3.8) is 0 Å². The zero-order valence-electron chi connectivity index (χ0n) is 8.66. The lowest BCUT2D eigenvalue weighted by Crippen LogP contribution is -2.44. The van der Waals surface area contributed by atoms with Crippen LogP contribution in [0.4, 0.5) is 0 Å². The largest absolute Gasteiger partial charge is 0.468 e. The molecule has 1 N–H and O–H groups in total. The van der Waals surface area contributed by atoms with Gasteiger partial charge in [0, 0.05) is 12.6 Å². The molecule has 2 aliphatic heterocycles. The molecule has 2 aliphatic rings. The van der Waals surface area contributed by atoms with Gasteiger partial charge < -0.3 is 10.1 Å². The fourth-order valence-electron chi connectivity index (χ4n) is 2.54. The number of hydrogen-bond acceptors (Lipinski definition) is 4. The van der Waals surface area contributed by atoms with Crippen LogP contribution in [0.5, 0.6) is 0 Å². The molecular weight excluding hydrogens is 180 g/mol. The minimum Gasteiger partial charge on any atom is -0.468 e. The molecule has 2 heterocycles. The van der Waals surface area contributed by atoms with E-state index in [1.807, 2.05) is 0 Å². The molecule has 2 unspecified atom stereocenters. The summed E-state index contributed by atoms with van der Waals surface area (Å²) >= 11 is 0. The van der Waals surface area contributed by atoms with E-state index in [9.17, 15) is 4.79 Å². The Labute approximate surface area is 84.6 Å². The molecule has 2 rings (SSSR count). The molecule has 4 heteroatoms. The molecule has 0 aromatic heterocycles. The van der Waals surface area contributed by atoms with Crippen LogP contribution in [0.25, 0.3) is 0 Å². The number of ether oxygens (including phenoxy) is 1. The van der Waals surface area contributed by atoms with Crippen molar-refractivity contribution in [3.05, 3.63) is 0 Å². The molecule has 0 bridgehead atoms. The second-order valence-corrected chi connectivity index (χ2v) is 4.07. The van der Waals surface area contributed by atoms with Crippen molar-refractivity contribution in [2.75, 3.05) is 26.7 Å². The van der Waals surface area contributed by atoms with E-state index in [0.717, 1.165) is 38.9 Å². The normalized spacial score (nSPS) is 33.5. The zero-order chi connectivity index (χ0) is 9.97. The standard InChI is InChI=1S/C10H18N2O2/c1-14-10(13)9-3-2-6-12(9)8-4-5-11-7-8/h8-9,11H,2-7H2,1H3. The average Bonchev–Trinajstić information content (AvgIpc) is 2.85. The van der Waals surface area contributed by atoms with E-state index in [1.165, 1.54) is 7.11 Å². The molecule has 2 fully saturated rings. The first-order valence-electron chi connectivity index (χ1n) is 5.37. The molecular formula is C10H18N2O2. The molecule has 0 aliphatic carbocycles. The summed E-state index contributed by atoms with van der Waals surface area (Å²) < 4.78 is 4.82. The van der Waals surface area contributed by atoms with Gasteiger partial charge in [0.15, 0.2) is 0 Å². The second-order valence-electron chi connectivity index (χ2n) is 4.07. The molecule has 0 radical (unpaired) electrons. The summed E-state index contributed by atoms with van der Waals surface area (Å²) in [6.45, 7) is 3.15. The topological polar surface area (TPSA) is 41.6 Å². The van der Waals surface area contributed by atoms with Crippen molar-refractivity contribution >= 4 is 5.97 Å². The Bertz CT molecular complexity index is 214. The molecule has 2 atom stereocenters. The SMILES string of the molecule is COC(=O)C1CCCN1C1CCNC1. The van der Waals surface area contributed by atoms with Gasteiger partial charge in [-0.2, -0.15) is 0 Å². The van der Waals surface area contributed by atoms with Crippen molar-refractivity contribution in [2.45, 2.75) is 31.3 Å². The lowest BCUT2D eigenvalue weighted by Gasteiger charge is -2.27. The van der Waals surface area contributed by atoms with Crippen molar-refractivity contribution in [3.8, 4) is 0 Å². The highest BCUT2D eigenvalue weighted by molar-refractivity contribution is 5.76. The molecule has 80 valence electrons. The first-order valence-corrected chi connectivity index (χ1v) is 5.37. The van der Waals surface area contributed by atoms with Crippen LogP contribution in [-0.4, -0.2) is 49.7 Å². The summed E-state index contributed by atoms with van der Waals surface area (Å²) in [4.78, 5) is 13.8. The summed E-state index contributed by atoms with van der Waals surface area (Å²) in [5, 5.41) is 3.33. The molecule has 14 heavy (non-hydrogen) atoms. The number of methoxy groups -OCH3 is 1. The van der Waals surface area contributed by atoms with E-state index in [-0.39, 0.29) is 12.0 Å². The Kier molecular flexibility index (Phi) is 3.03. The monoisotopic (exact) mass is 198 g/mol. The molecule has 2 saturated heterocycles. The van der Waals surface area contributed by atoms with Gasteiger partial charge in [0.2, 0.25) is 0 Å². The van der Waals surface area contributed by atoms with Crippen LogP contribution in [0.2, 0.25) is 0 Å². The van der Waals surface area contributed by atoms with Gasteiger partial charge in [-0.05, 0) is 32.4 Å². The van der Waals surface area contributed by atoms with Crippen LogP contribution >= 0.6 is 0 Å². The number of carbonyl (C=O) groups is 1. The predicted molar refractivity (Wildman–Crippen MR) is 53.0 cm³/mol. The van der Waals surface area contributed by atoms with Crippen molar-refractivity contribution in [1.29, 1.82) is 0 Å². The van der Waals surface area contributed by atoms with Crippen molar-refractivity contribution in [1.82, 2.24) is 10.2 Å². The first kappa shape index (κ1) is 9.93. The Morgan fingerprint density at radius 3 is 3.00 bits per heavy atom. The van der Waals surface area contributed by atoms with Crippen LogP contribution in [0.1, 0.15) is 19.3 Å². The van der Waals surface area contributed by atoms with E-state index in [2.05, 4.69) is 10.2 Å². The van der Waals surface area contributed by atoms with E-state index in [0.29, 0.717) is 6.04 Å². The van der Waals surface area contributed by atoms with Gasteiger partial charge in [-0.3, -0.25) is 9.69 Å². The van der Waals surface area contributed by atoms with Crippen molar-refractivity contribution in [2.24, 2.45) is 0 Å². The van der Waals surface area contributed by atoms with Gasteiger partial charge in [0.1, 0.15) is 6.04 Å². The second kappa shape index (κ2) is 4.28. The quantitative estimate of drug-likeness (QED) is 0.633. The highest BCUT2D eigenvalue weighted by Crippen LogP contribution is 2.23. The van der Waals surface area contributed by atoms with Gasteiger partial charge in [-0.15, -0.1) is 0 Å². The van der Waals surface area contributed by atoms with E-state index in [1.54, 1.807) is 0 Å². The van der Waals surface area contributed by atoms with Gasteiger partial charge in [0.25, 0.3) is 0 Å². The van der Waals surface area contributed by atoms with Crippen LogP contribution in [0.15, 0.2) is 0 Å². The number of likely N-dealkylation sites (tertiary alicyclic amines) is 1. The summed E-state index contributed by atoms with van der Waals surface area (Å²) in [6, 6.07) is 0.562. The number of nitrogens with one attached hydrogen (secondary N) is 1. The number of nitrogens with zero attached hydrogens (tertiary/aromatic N) is 1. The fraction of sp³-hybridized carbons (Fsp3) is 0.900. The number of hydrogen-bond donors (Lipinski definition) is 1. The third-order valence-corrected chi connectivity index (χ3v) is 3.27. The minimum atomic E-state index is -0.0607. The van der Waals surface area contributed by atoms with Gasteiger partial charge in [-0.25, -0.2) is 0 Å². The van der Waals surface area contributed by atoms with Crippen LogP contribution in [-0.2, 0) is 9.53 Å². The number of carbonyl (C=O) groups excluding carboxylic acids is 1. The van der Waals surface area contributed by atoms with Gasteiger partial charge >= 0.3 is 5.97 Å². The molecule has 0 spiro atoms. The van der Waals surface area contributed by atoms with Crippen LogP contribution in [0.3, 0.4) is 0 Å². The third-order valence-electron chi connectivity index (χ3n) is 3.27. The summed E-state index contributed by atoms with van der Waals surface area (Å²) in [5.74, 6) is -0.0607. The van der Waals surface area contributed by atoms with Crippen LogP contribution in [0, 0.1) is 0 Å². The van der Waals surface area contributed by atoms with Gasteiger partial charge in [0.05, 0.1) is 7.11 Å². The Morgan fingerprint density at radius 2 is 2.36 bits per heavy atom. The summed E-state index contributed by atoms with van der Waals surface area (Å²) in [5.41, 5.74) is 0. The highest BCUT2D eigenvalue weighted by atomic mass is 16.5. The summed E-state index contributed by atoms with van der Waals surface area (Å²) in [7, 11) is 1.48. The maximum atomic E-state index is 11.5. The average molecular weight is 198 g/mol. The van der Waals surface area contributed by atoms with E-state index in [4.69, 9.17) is 4.74 Å². The Hall–Kier alpha value is -0.610. The minimum absolute atomic E-state index is 0.0184. The smallest absolute Gasteiger partial charge is 0.323 e. The maximum absolute atomic E-state index is 11.5. The fourth-order valence-corrected chi connectivity index (χ4v) is 2.54. The molecule has 4 nitrogen and oxygen atoms in total. The Balaban J connectivity index is 1.98. The molecule has 0 aromatic carbocycles. The lowest BCUT2D eigenvalue weighted by molar-refractivity contribution is -0.146.